The van der Waals surface area contributed by atoms with Crippen molar-refractivity contribution in [2.45, 2.75) is 12.8 Å². The van der Waals surface area contributed by atoms with Crippen LogP contribution in [-0.2, 0) is 0 Å². The highest BCUT2D eigenvalue weighted by atomic mass is 35.5. The molecule has 0 amide bonds. The van der Waals surface area contributed by atoms with Crippen molar-refractivity contribution >= 4 is 28.6 Å². The Bertz CT molecular complexity index is 951. The summed E-state index contributed by atoms with van der Waals surface area (Å²) >= 11 is 6.45. The van der Waals surface area contributed by atoms with Crippen molar-refractivity contribution in [3.05, 3.63) is 47.0 Å². The summed E-state index contributed by atoms with van der Waals surface area (Å²) in [5.41, 5.74) is 0.200. The largest absolute Gasteiger partial charge is 0.356 e. The van der Waals surface area contributed by atoms with Gasteiger partial charge in [0.05, 0.1) is 16.1 Å². The number of pyridine rings is 1. The fourth-order valence-corrected chi connectivity index (χ4v) is 3.41. The van der Waals surface area contributed by atoms with Crippen molar-refractivity contribution in [1.82, 2.24) is 15.0 Å². The summed E-state index contributed by atoms with van der Waals surface area (Å²) in [6.45, 7) is 1.37. The van der Waals surface area contributed by atoms with Gasteiger partial charge in [0, 0.05) is 37.6 Å². The molecule has 1 saturated heterocycles. The van der Waals surface area contributed by atoms with Crippen molar-refractivity contribution in [3.8, 4) is 11.1 Å². The molecule has 0 aliphatic carbocycles. The third-order valence-corrected chi connectivity index (χ3v) is 4.57. The Morgan fingerprint density at radius 2 is 1.56 bits per heavy atom. The molecule has 0 unspecified atom stereocenters. The second kappa shape index (κ2) is 6.15. The Hall–Kier alpha value is -2.41. The fraction of sp³-hybridized carbons (Fsp3) is 0.235. The van der Waals surface area contributed by atoms with Crippen LogP contribution in [-0.4, -0.2) is 28.0 Å². The van der Waals surface area contributed by atoms with Crippen molar-refractivity contribution in [2.75, 3.05) is 18.0 Å². The Kier molecular flexibility index (Phi) is 3.95. The zero-order valence-electron chi connectivity index (χ0n) is 12.9. The van der Waals surface area contributed by atoms with Crippen molar-refractivity contribution in [3.63, 3.8) is 0 Å². The van der Waals surface area contributed by atoms with E-state index in [9.17, 15) is 13.2 Å². The lowest BCUT2D eigenvalue weighted by Gasteiger charge is -2.22. The van der Waals surface area contributed by atoms with E-state index in [4.69, 9.17) is 11.6 Å². The first-order chi connectivity index (χ1) is 12.1. The van der Waals surface area contributed by atoms with Crippen LogP contribution in [0.2, 0.25) is 5.02 Å². The van der Waals surface area contributed by atoms with E-state index in [0.29, 0.717) is 36.7 Å². The first-order valence-electron chi connectivity index (χ1n) is 7.76. The van der Waals surface area contributed by atoms with Gasteiger partial charge in [0.1, 0.15) is 28.8 Å². The predicted molar refractivity (Wildman–Crippen MR) is 89.1 cm³/mol. The maximum atomic E-state index is 14.4. The molecule has 1 aliphatic heterocycles. The number of rotatable bonds is 2. The van der Waals surface area contributed by atoms with Gasteiger partial charge in [-0.05, 0) is 12.8 Å². The summed E-state index contributed by atoms with van der Waals surface area (Å²) < 4.78 is 42.2. The Balaban J connectivity index is 2.08. The van der Waals surface area contributed by atoms with Crippen LogP contribution in [0, 0.1) is 17.5 Å². The molecule has 1 aromatic carbocycles. The molecule has 4 nitrogen and oxygen atoms in total. The summed E-state index contributed by atoms with van der Waals surface area (Å²) in [4.78, 5) is 14.6. The van der Waals surface area contributed by atoms with Gasteiger partial charge in [-0.15, -0.1) is 0 Å². The van der Waals surface area contributed by atoms with Gasteiger partial charge < -0.3 is 4.90 Å². The van der Waals surface area contributed by atoms with E-state index >= 15 is 0 Å². The molecule has 0 spiro atoms. The van der Waals surface area contributed by atoms with E-state index in [-0.39, 0.29) is 16.1 Å². The molecule has 2 aromatic heterocycles. The van der Waals surface area contributed by atoms with Gasteiger partial charge in [-0.2, -0.15) is 0 Å². The van der Waals surface area contributed by atoms with E-state index < -0.39 is 23.0 Å². The number of halogens is 4. The topological polar surface area (TPSA) is 41.9 Å². The normalized spacial score (nSPS) is 14.5. The first-order valence-corrected chi connectivity index (χ1v) is 8.14. The molecular weight excluding hydrogens is 353 g/mol. The zero-order valence-corrected chi connectivity index (χ0v) is 13.7. The quantitative estimate of drug-likeness (QED) is 0.677. The smallest absolute Gasteiger partial charge is 0.181 e. The Labute approximate surface area is 146 Å². The lowest BCUT2D eigenvalue weighted by atomic mass is 10.0. The summed E-state index contributed by atoms with van der Waals surface area (Å²) in [6, 6.07) is 1.26. The number of anilines is 1. The van der Waals surface area contributed by atoms with Crippen LogP contribution < -0.4 is 4.90 Å². The van der Waals surface area contributed by atoms with Gasteiger partial charge in [-0.1, -0.05) is 11.6 Å². The first kappa shape index (κ1) is 16.1. The third-order valence-electron chi connectivity index (χ3n) is 4.20. The molecular formula is C17H12ClF3N4. The highest BCUT2D eigenvalue weighted by molar-refractivity contribution is 6.38. The Morgan fingerprint density at radius 3 is 2.24 bits per heavy atom. The van der Waals surface area contributed by atoms with Crippen LogP contribution >= 0.6 is 11.6 Å². The van der Waals surface area contributed by atoms with E-state index in [1.165, 1.54) is 12.4 Å². The maximum Gasteiger partial charge on any atom is 0.181 e. The van der Waals surface area contributed by atoms with Gasteiger partial charge in [0.15, 0.2) is 5.65 Å². The zero-order chi connectivity index (χ0) is 17.6. The molecule has 0 bridgehead atoms. The number of aromatic nitrogens is 3. The summed E-state index contributed by atoms with van der Waals surface area (Å²) in [7, 11) is 0. The van der Waals surface area contributed by atoms with E-state index in [1.54, 1.807) is 0 Å². The predicted octanol–water partition coefficient (Wildman–Crippen LogP) is 4.36. The lowest BCUT2D eigenvalue weighted by molar-refractivity contribution is 0.548. The van der Waals surface area contributed by atoms with Crippen molar-refractivity contribution in [1.29, 1.82) is 0 Å². The molecule has 0 radical (unpaired) electrons. The van der Waals surface area contributed by atoms with Crippen molar-refractivity contribution < 1.29 is 13.2 Å². The number of hydrogen-bond acceptors (Lipinski definition) is 4. The molecule has 0 atom stereocenters. The monoisotopic (exact) mass is 364 g/mol. The van der Waals surface area contributed by atoms with Gasteiger partial charge in [-0.25, -0.2) is 28.1 Å². The molecule has 128 valence electrons. The molecule has 3 heterocycles. The Morgan fingerprint density at radius 1 is 0.920 bits per heavy atom. The number of hydrogen-bond donors (Lipinski definition) is 0. The van der Waals surface area contributed by atoms with Crippen LogP contribution in [0.3, 0.4) is 0 Å². The van der Waals surface area contributed by atoms with E-state index in [2.05, 4.69) is 15.0 Å². The average molecular weight is 365 g/mol. The molecule has 8 heteroatoms. The minimum atomic E-state index is -1.04. The summed E-state index contributed by atoms with van der Waals surface area (Å²) in [6.07, 6.45) is 4.77. The van der Waals surface area contributed by atoms with E-state index in [1.807, 2.05) is 4.90 Å². The molecule has 1 fully saturated rings. The van der Waals surface area contributed by atoms with E-state index in [0.717, 1.165) is 12.8 Å². The minimum absolute atomic E-state index is 0.0457. The second-order valence-corrected chi connectivity index (χ2v) is 6.17. The fourth-order valence-electron chi connectivity index (χ4n) is 3.10. The summed E-state index contributed by atoms with van der Waals surface area (Å²) in [5.74, 6) is -2.74. The van der Waals surface area contributed by atoms with Crippen LogP contribution in [0.25, 0.3) is 22.3 Å². The maximum absolute atomic E-state index is 14.4. The molecule has 0 saturated carbocycles. The third kappa shape index (κ3) is 2.68. The second-order valence-electron chi connectivity index (χ2n) is 5.79. The molecule has 3 aromatic rings. The van der Waals surface area contributed by atoms with Gasteiger partial charge in [0.2, 0.25) is 0 Å². The minimum Gasteiger partial charge on any atom is -0.356 e. The standard InChI is InChI=1S/C17H12ClF3N4/c18-14-13(12-10(20)7-9(19)8-11(12)21)17(25-5-1-2-6-25)24-16-15(14)22-3-4-23-16/h3-4,7-8H,1-2,5-6H2. The number of benzene rings is 1. The molecule has 4 rings (SSSR count). The van der Waals surface area contributed by atoms with Gasteiger partial charge in [0.25, 0.3) is 0 Å². The molecule has 0 N–H and O–H groups in total. The number of nitrogens with zero attached hydrogens (tertiary/aromatic N) is 4. The lowest BCUT2D eigenvalue weighted by Crippen LogP contribution is -2.20. The average Bonchev–Trinajstić information content (AvgIpc) is 3.10. The summed E-state index contributed by atoms with van der Waals surface area (Å²) in [5, 5.41) is 0.0457. The highest BCUT2D eigenvalue weighted by Gasteiger charge is 2.27. The van der Waals surface area contributed by atoms with Crippen LogP contribution in [0.4, 0.5) is 19.0 Å². The van der Waals surface area contributed by atoms with Crippen LogP contribution in [0.5, 0.6) is 0 Å². The number of fused-ring (bicyclic) bond motifs is 1. The van der Waals surface area contributed by atoms with Crippen molar-refractivity contribution in [2.24, 2.45) is 0 Å². The van der Waals surface area contributed by atoms with Crippen LogP contribution in [0.1, 0.15) is 12.8 Å². The van der Waals surface area contributed by atoms with Gasteiger partial charge >= 0.3 is 0 Å². The van der Waals surface area contributed by atoms with Crippen LogP contribution in [0.15, 0.2) is 24.5 Å². The molecule has 25 heavy (non-hydrogen) atoms. The SMILES string of the molecule is Fc1cc(F)c(-c2c(N3CCCC3)nc3nccnc3c2Cl)c(F)c1. The molecule has 1 aliphatic rings. The van der Waals surface area contributed by atoms with Gasteiger partial charge in [-0.3, -0.25) is 0 Å². The highest BCUT2D eigenvalue weighted by Crippen LogP contribution is 2.42.